The lowest BCUT2D eigenvalue weighted by Gasteiger charge is -2.04. The van der Waals surface area contributed by atoms with Crippen molar-refractivity contribution in [3.8, 4) is 0 Å². The Balaban J connectivity index is 2.31. The second-order valence-electron chi connectivity index (χ2n) is 4.21. The number of rotatable bonds is 9. The molecule has 1 aromatic rings. The third-order valence-electron chi connectivity index (χ3n) is 2.57. The minimum Gasteiger partial charge on any atom is -0.447 e. The molecular formula is C12H21N3O4S. The Kier molecular flexibility index (Phi) is 6.69. The molecule has 0 unspecified atom stereocenters. The Morgan fingerprint density at radius 3 is 2.70 bits per heavy atom. The van der Waals surface area contributed by atoms with Gasteiger partial charge in [-0.25, -0.2) is 13.1 Å². The summed E-state index contributed by atoms with van der Waals surface area (Å²) in [5.74, 6) is 0.505. The molecular weight excluding hydrogens is 282 g/mol. The Bertz CT molecular complexity index is 525. The first-order chi connectivity index (χ1) is 9.49. The van der Waals surface area contributed by atoms with Crippen molar-refractivity contribution in [3.05, 3.63) is 17.9 Å². The first-order valence-electron chi connectivity index (χ1n) is 6.49. The smallest absolute Gasteiger partial charge is 0.273 e. The Morgan fingerprint density at radius 2 is 2.05 bits per heavy atom. The van der Waals surface area contributed by atoms with Gasteiger partial charge in [0, 0.05) is 19.5 Å². The number of hydrogen-bond donors (Lipinski definition) is 3. The van der Waals surface area contributed by atoms with Crippen molar-refractivity contribution in [1.29, 1.82) is 0 Å². The number of sulfonamides is 1. The monoisotopic (exact) mass is 303 g/mol. The SMILES string of the molecule is CCCNC(=O)CCNCc1ccc(S(=O)(=O)NC)o1. The van der Waals surface area contributed by atoms with E-state index in [2.05, 4.69) is 15.4 Å². The lowest BCUT2D eigenvalue weighted by molar-refractivity contribution is -0.121. The summed E-state index contributed by atoms with van der Waals surface area (Å²) in [5, 5.41) is 5.68. The van der Waals surface area contributed by atoms with Crippen LogP contribution < -0.4 is 15.4 Å². The van der Waals surface area contributed by atoms with Crippen molar-refractivity contribution >= 4 is 15.9 Å². The minimum absolute atomic E-state index is 0.00255. The molecule has 0 bridgehead atoms. The van der Waals surface area contributed by atoms with Gasteiger partial charge in [-0.2, -0.15) is 0 Å². The highest BCUT2D eigenvalue weighted by atomic mass is 32.2. The summed E-state index contributed by atoms with van der Waals surface area (Å²) < 4.78 is 30.3. The van der Waals surface area contributed by atoms with Crippen molar-refractivity contribution in [2.24, 2.45) is 0 Å². The van der Waals surface area contributed by atoms with Gasteiger partial charge in [-0.3, -0.25) is 4.79 Å². The third-order valence-corrected chi connectivity index (χ3v) is 3.86. The Hall–Kier alpha value is -1.38. The Morgan fingerprint density at radius 1 is 1.30 bits per heavy atom. The molecule has 0 radical (unpaired) electrons. The van der Waals surface area contributed by atoms with Gasteiger partial charge >= 0.3 is 0 Å². The van der Waals surface area contributed by atoms with Crippen LogP contribution in [0.25, 0.3) is 0 Å². The third kappa shape index (κ3) is 5.32. The molecule has 0 aliphatic heterocycles. The van der Waals surface area contributed by atoms with E-state index in [-0.39, 0.29) is 11.0 Å². The zero-order valence-electron chi connectivity index (χ0n) is 11.7. The molecule has 1 aromatic heterocycles. The fourth-order valence-electron chi connectivity index (χ4n) is 1.46. The standard InChI is InChI=1S/C12H21N3O4S/c1-3-7-15-11(16)6-8-14-9-10-4-5-12(19-10)20(17,18)13-2/h4-5,13-14H,3,6-9H2,1-2H3,(H,15,16). The molecule has 1 heterocycles. The van der Waals surface area contributed by atoms with Crippen molar-refractivity contribution in [3.63, 3.8) is 0 Å². The van der Waals surface area contributed by atoms with Gasteiger partial charge in [-0.15, -0.1) is 0 Å². The number of furan rings is 1. The van der Waals surface area contributed by atoms with E-state index < -0.39 is 10.0 Å². The molecule has 20 heavy (non-hydrogen) atoms. The van der Waals surface area contributed by atoms with Crippen LogP contribution in [-0.2, 0) is 21.4 Å². The van der Waals surface area contributed by atoms with Gasteiger partial charge < -0.3 is 15.1 Å². The van der Waals surface area contributed by atoms with Crippen LogP contribution in [0.15, 0.2) is 21.6 Å². The lowest BCUT2D eigenvalue weighted by atomic mass is 10.3. The normalized spacial score (nSPS) is 11.5. The predicted octanol–water partition coefficient (Wildman–Crippen LogP) is 0.194. The van der Waals surface area contributed by atoms with E-state index in [1.165, 1.54) is 13.1 Å². The van der Waals surface area contributed by atoms with E-state index in [1.807, 2.05) is 6.92 Å². The highest BCUT2D eigenvalue weighted by Crippen LogP contribution is 2.12. The summed E-state index contributed by atoms with van der Waals surface area (Å²) in [4.78, 5) is 11.3. The van der Waals surface area contributed by atoms with Gasteiger partial charge in [0.05, 0.1) is 6.54 Å². The first kappa shape index (κ1) is 16.7. The van der Waals surface area contributed by atoms with Crippen LogP contribution in [0, 0.1) is 0 Å². The first-order valence-corrected chi connectivity index (χ1v) is 7.97. The second-order valence-corrected chi connectivity index (χ2v) is 6.02. The highest BCUT2D eigenvalue weighted by Gasteiger charge is 2.15. The molecule has 0 aliphatic rings. The van der Waals surface area contributed by atoms with E-state index in [0.717, 1.165) is 6.42 Å². The van der Waals surface area contributed by atoms with Crippen molar-refractivity contribution in [2.75, 3.05) is 20.1 Å². The Labute approximate surface area is 119 Å². The van der Waals surface area contributed by atoms with Gasteiger partial charge in [0.2, 0.25) is 11.0 Å². The van der Waals surface area contributed by atoms with Crippen LogP contribution >= 0.6 is 0 Å². The molecule has 8 heteroatoms. The maximum atomic E-state index is 11.5. The number of hydrogen-bond acceptors (Lipinski definition) is 5. The van der Waals surface area contributed by atoms with Crippen molar-refractivity contribution < 1.29 is 17.6 Å². The topological polar surface area (TPSA) is 100 Å². The van der Waals surface area contributed by atoms with Crippen LogP contribution in [-0.4, -0.2) is 34.5 Å². The zero-order valence-corrected chi connectivity index (χ0v) is 12.5. The molecule has 0 saturated heterocycles. The van der Waals surface area contributed by atoms with Gasteiger partial charge in [0.15, 0.2) is 0 Å². The van der Waals surface area contributed by atoms with E-state index >= 15 is 0 Å². The van der Waals surface area contributed by atoms with Gasteiger partial charge in [0.1, 0.15) is 5.76 Å². The minimum atomic E-state index is -3.54. The molecule has 0 aromatic carbocycles. The average molecular weight is 303 g/mol. The second kappa shape index (κ2) is 8.03. The molecule has 0 fully saturated rings. The van der Waals surface area contributed by atoms with Crippen LogP contribution in [0.5, 0.6) is 0 Å². The molecule has 1 rings (SSSR count). The molecule has 114 valence electrons. The number of amides is 1. The van der Waals surface area contributed by atoms with E-state index in [0.29, 0.717) is 31.8 Å². The molecule has 0 atom stereocenters. The highest BCUT2D eigenvalue weighted by molar-refractivity contribution is 7.89. The van der Waals surface area contributed by atoms with E-state index in [4.69, 9.17) is 4.42 Å². The molecule has 0 spiro atoms. The van der Waals surface area contributed by atoms with Crippen molar-refractivity contribution in [1.82, 2.24) is 15.4 Å². The van der Waals surface area contributed by atoms with Gasteiger partial charge in [-0.1, -0.05) is 6.92 Å². The van der Waals surface area contributed by atoms with Crippen LogP contribution in [0.4, 0.5) is 0 Å². The molecule has 7 nitrogen and oxygen atoms in total. The van der Waals surface area contributed by atoms with Gasteiger partial charge in [0.25, 0.3) is 10.0 Å². The van der Waals surface area contributed by atoms with E-state index in [1.54, 1.807) is 6.07 Å². The quantitative estimate of drug-likeness (QED) is 0.566. The molecule has 1 amide bonds. The molecule has 0 saturated carbocycles. The average Bonchev–Trinajstić information content (AvgIpc) is 2.91. The summed E-state index contributed by atoms with van der Waals surface area (Å²) in [7, 11) is -2.22. The predicted molar refractivity (Wildman–Crippen MR) is 74.6 cm³/mol. The number of carbonyl (C=O) groups is 1. The number of carbonyl (C=O) groups excluding carboxylic acids is 1. The fourth-order valence-corrected chi connectivity index (χ4v) is 2.13. The van der Waals surface area contributed by atoms with Crippen LogP contribution in [0.1, 0.15) is 25.5 Å². The summed E-state index contributed by atoms with van der Waals surface area (Å²) in [6, 6.07) is 2.99. The maximum Gasteiger partial charge on any atom is 0.273 e. The van der Waals surface area contributed by atoms with Crippen molar-refractivity contribution in [2.45, 2.75) is 31.4 Å². The maximum absolute atomic E-state index is 11.5. The molecule has 0 aliphatic carbocycles. The largest absolute Gasteiger partial charge is 0.447 e. The summed E-state index contributed by atoms with van der Waals surface area (Å²) in [6.45, 7) is 3.55. The number of nitrogens with one attached hydrogen (secondary N) is 3. The fraction of sp³-hybridized carbons (Fsp3) is 0.583. The zero-order chi connectivity index (χ0) is 15.0. The lowest BCUT2D eigenvalue weighted by Crippen LogP contribution is -2.27. The summed E-state index contributed by atoms with van der Waals surface area (Å²) in [5.41, 5.74) is 0. The summed E-state index contributed by atoms with van der Waals surface area (Å²) in [6.07, 6.45) is 1.29. The van der Waals surface area contributed by atoms with E-state index in [9.17, 15) is 13.2 Å². The van der Waals surface area contributed by atoms with Crippen LogP contribution in [0.3, 0.4) is 0 Å². The van der Waals surface area contributed by atoms with Gasteiger partial charge in [-0.05, 0) is 25.6 Å². The summed E-state index contributed by atoms with van der Waals surface area (Å²) >= 11 is 0. The van der Waals surface area contributed by atoms with Crippen LogP contribution in [0.2, 0.25) is 0 Å². The molecule has 3 N–H and O–H groups in total.